The molecule has 0 atom stereocenters. The summed E-state index contributed by atoms with van der Waals surface area (Å²) in [5.74, 6) is 0.859. The molecule has 31 heavy (non-hydrogen) atoms. The summed E-state index contributed by atoms with van der Waals surface area (Å²) in [5, 5.41) is 4.35. The molecule has 4 heterocycles. The van der Waals surface area contributed by atoms with Crippen LogP contribution in [0.25, 0.3) is 21.1 Å². The number of para-hydroxylation sites is 1. The smallest absolute Gasteiger partial charge is 0.211 e. The molecule has 162 valence electrons. The van der Waals surface area contributed by atoms with E-state index < -0.39 is 0 Å². The summed E-state index contributed by atoms with van der Waals surface area (Å²) >= 11 is 1.72. The van der Waals surface area contributed by atoms with E-state index in [9.17, 15) is 4.79 Å². The first kappa shape index (κ1) is 20.5. The number of thiophene rings is 1. The number of ether oxygens (including phenoxy) is 1. The molecule has 0 radical (unpaired) electrons. The van der Waals surface area contributed by atoms with Gasteiger partial charge >= 0.3 is 0 Å². The monoisotopic (exact) mass is 434 g/mol. The van der Waals surface area contributed by atoms with Crippen LogP contribution in [0.4, 0.5) is 0 Å². The normalized spacial score (nSPS) is 15.3. The Morgan fingerprint density at radius 3 is 2.74 bits per heavy atom. The number of ketones is 1. The van der Waals surface area contributed by atoms with Gasteiger partial charge in [0.25, 0.3) is 0 Å². The van der Waals surface area contributed by atoms with Crippen molar-refractivity contribution in [1.82, 2.24) is 9.13 Å². The molecule has 1 aliphatic heterocycles. The van der Waals surface area contributed by atoms with E-state index >= 15 is 0 Å². The molecule has 4 nitrogen and oxygen atoms in total. The maximum absolute atomic E-state index is 13.9. The molecule has 5 rings (SSSR count). The van der Waals surface area contributed by atoms with Crippen LogP contribution in [0, 0.1) is 12.8 Å². The Morgan fingerprint density at radius 2 is 1.94 bits per heavy atom. The first-order valence-corrected chi connectivity index (χ1v) is 12.3. The molecule has 0 unspecified atom stereocenters. The van der Waals surface area contributed by atoms with Crippen molar-refractivity contribution in [2.45, 2.75) is 52.6 Å². The molecule has 4 aromatic rings. The number of aryl methyl sites for hydroxylation is 2. The molecule has 1 fully saturated rings. The van der Waals surface area contributed by atoms with E-state index in [4.69, 9.17) is 4.74 Å². The van der Waals surface area contributed by atoms with Crippen LogP contribution in [0.15, 0.2) is 41.8 Å². The molecule has 0 bridgehead atoms. The van der Waals surface area contributed by atoms with Gasteiger partial charge in [-0.15, -0.1) is 11.3 Å². The van der Waals surface area contributed by atoms with Gasteiger partial charge in [-0.3, -0.25) is 4.79 Å². The number of hydrogen-bond acceptors (Lipinski definition) is 3. The summed E-state index contributed by atoms with van der Waals surface area (Å²) in [6.07, 6.45) is 4.43. The molecule has 0 saturated carbocycles. The summed E-state index contributed by atoms with van der Waals surface area (Å²) in [6.45, 7) is 7.87. The summed E-state index contributed by atoms with van der Waals surface area (Å²) in [6, 6.07) is 12.6. The SMILES string of the molecule is CCCn1c(C(=O)c2c(C)n(CCC3CCOCC3)c3ccccc23)cc2ccsc21. The first-order valence-electron chi connectivity index (χ1n) is 11.5. The van der Waals surface area contributed by atoms with Crippen LogP contribution in [0.2, 0.25) is 0 Å². The third-order valence-corrected chi connectivity index (χ3v) is 7.69. The number of nitrogens with zero attached hydrogens (tertiary/aromatic N) is 2. The molecule has 1 aromatic carbocycles. The Balaban J connectivity index is 1.55. The Labute approximate surface area is 187 Å². The molecular formula is C26H30N2O2S. The second-order valence-electron chi connectivity index (χ2n) is 8.67. The molecule has 1 aliphatic rings. The van der Waals surface area contributed by atoms with E-state index in [0.717, 1.165) is 74.3 Å². The topological polar surface area (TPSA) is 36.2 Å². The van der Waals surface area contributed by atoms with E-state index in [2.05, 4.69) is 58.7 Å². The lowest BCUT2D eigenvalue weighted by atomic mass is 9.96. The highest BCUT2D eigenvalue weighted by Crippen LogP contribution is 2.32. The maximum Gasteiger partial charge on any atom is 0.211 e. The number of fused-ring (bicyclic) bond motifs is 2. The summed E-state index contributed by atoms with van der Waals surface area (Å²) in [7, 11) is 0. The highest BCUT2D eigenvalue weighted by molar-refractivity contribution is 7.16. The number of aromatic nitrogens is 2. The molecule has 3 aromatic heterocycles. The minimum absolute atomic E-state index is 0.148. The third kappa shape index (κ3) is 3.64. The predicted molar refractivity (Wildman–Crippen MR) is 128 cm³/mol. The number of hydrogen-bond donors (Lipinski definition) is 0. The van der Waals surface area contributed by atoms with Crippen molar-refractivity contribution < 1.29 is 9.53 Å². The molecule has 0 spiro atoms. The van der Waals surface area contributed by atoms with Crippen LogP contribution in [-0.4, -0.2) is 28.1 Å². The van der Waals surface area contributed by atoms with Crippen molar-refractivity contribution in [1.29, 1.82) is 0 Å². The van der Waals surface area contributed by atoms with Crippen LogP contribution in [-0.2, 0) is 17.8 Å². The molecular weight excluding hydrogens is 404 g/mol. The van der Waals surface area contributed by atoms with Gasteiger partial charge in [0, 0.05) is 48.3 Å². The summed E-state index contributed by atoms with van der Waals surface area (Å²) < 4.78 is 10.1. The molecule has 0 N–H and O–H groups in total. The van der Waals surface area contributed by atoms with Gasteiger partial charge in [-0.05, 0) is 62.1 Å². The fourth-order valence-corrected chi connectivity index (χ4v) is 6.01. The molecule has 0 aliphatic carbocycles. The van der Waals surface area contributed by atoms with E-state index in [1.54, 1.807) is 11.3 Å². The number of benzene rings is 1. The van der Waals surface area contributed by atoms with Gasteiger partial charge in [0.05, 0.1) is 11.3 Å². The predicted octanol–water partition coefficient (Wildman–Crippen LogP) is 6.42. The van der Waals surface area contributed by atoms with Gasteiger partial charge in [0.15, 0.2) is 0 Å². The Bertz CT molecular complexity index is 1220. The van der Waals surface area contributed by atoms with Crippen molar-refractivity contribution in [2.24, 2.45) is 5.92 Å². The van der Waals surface area contributed by atoms with Crippen molar-refractivity contribution in [2.75, 3.05) is 13.2 Å². The minimum Gasteiger partial charge on any atom is -0.381 e. The highest BCUT2D eigenvalue weighted by atomic mass is 32.1. The Hall–Kier alpha value is -2.37. The summed E-state index contributed by atoms with van der Waals surface area (Å²) in [5.41, 5.74) is 3.95. The summed E-state index contributed by atoms with van der Waals surface area (Å²) in [4.78, 5) is 15.1. The average Bonchev–Trinajstić information content (AvgIpc) is 3.45. The zero-order valence-corrected chi connectivity index (χ0v) is 19.2. The number of rotatable bonds is 7. The van der Waals surface area contributed by atoms with Crippen LogP contribution >= 0.6 is 11.3 Å². The second kappa shape index (κ2) is 8.64. The number of carbonyl (C=O) groups is 1. The fourth-order valence-electron chi connectivity index (χ4n) is 5.09. The van der Waals surface area contributed by atoms with E-state index in [-0.39, 0.29) is 5.78 Å². The molecule has 5 heteroatoms. The van der Waals surface area contributed by atoms with Gasteiger partial charge < -0.3 is 13.9 Å². The van der Waals surface area contributed by atoms with Gasteiger partial charge in [-0.25, -0.2) is 0 Å². The van der Waals surface area contributed by atoms with Gasteiger partial charge in [-0.1, -0.05) is 25.1 Å². The lowest BCUT2D eigenvalue weighted by Gasteiger charge is -2.22. The standard InChI is InChI=1S/C26H30N2O2S/c1-3-12-28-23(17-20-11-16-31-26(20)28)25(29)24-18(2)27(22-7-5-4-6-21(22)24)13-8-19-9-14-30-15-10-19/h4-7,11,16-17,19H,3,8-10,12-15H2,1-2H3. The quantitative estimate of drug-likeness (QED) is 0.315. The number of carbonyl (C=O) groups excluding carboxylic acids is 1. The Kier molecular flexibility index (Phi) is 5.72. The van der Waals surface area contributed by atoms with E-state index in [1.165, 1.54) is 15.7 Å². The first-order chi connectivity index (χ1) is 15.2. The van der Waals surface area contributed by atoms with Crippen molar-refractivity contribution in [3.63, 3.8) is 0 Å². The van der Waals surface area contributed by atoms with Gasteiger partial charge in [0.2, 0.25) is 5.78 Å². The van der Waals surface area contributed by atoms with Crippen LogP contribution in [0.3, 0.4) is 0 Å². The molecule has 0 amide bonds. The zero-order valence-electron chi connectivity index (χ0n) is 18.4. The minimum atomic E-state index is 0.148. The largest absolute Gasteiger partial charge is 0.381 e. The average molecular weight is 435 g/mol. The van der Waals surface area contributed by atoms with Gasteiger partial charge in [-0.2, -0.15) is 0 Å². The lowest BCUT2D eigenvalue weighted by Crippen LogP contribution is -2.17. The fraction of sp³-hybridized carbons (Fsp3) is 0.423. The van der Waals surface area contributed by atoms with Crippen LogP contribution in [0.5, 0.6) is 0 Å². The van der Waals surface area contributed by atoms with E-state index in [0.29, 0.717) is 5.92 Å². The van der Waals surface area contributed by atoms with Gasteiger partial charge in [0.1, 0.15) is 4.83 Å². The maximum atomic E-state index is 13.9. The lowest BCUT2D eigenvalue weighted by molar-refractivity contribution is 0.0627. The van der Waals surface area contributed by atoms with Crippen molar-refractivity contribution in [3.8, 4) is 0 Å². The molecule has 1 saturated heterocycles. The Morgan fingerprint density at radius 1 is 1.13 bits per heavy atom. The van der Waals surface area contributed by atoms with Crippen LogP contribution < -0.4 is 0 Å². The van der Waals surface area contributed by atoms with Crippen molar-refractivity contribution >= 4 is 38.2 Å². The second-order valence-corrected chi connectivity index (χ2v) is 9.56. The van der Waals surface area contributed by atoms with E-state index in [1.807, 2.05) is 6.07 Å². The zero-order chi connectivity index (χ0) is 21.4. The van der Waals surface area contributed by atoms with Crippen molar-refractivity contribution in [3.05, 3.63) is 58.7 Å². The third-order valence-electron chi connectivity index (χ3n) is 6.74. The highest BCUT2D eigenvalue weighted by Gasteiger charge is 2.25. The van der Waals surface area contributed by atoms with Crippen LogP contribution in [0.1, 0.15) is 54.4 Å².